The lowest BCUT2D eigenvalue weighted by Gasteiger charge is -2.23. The highest BCUT2D eigenvalue weighted by Crippen LogP contribution is 2.36. The zero-order valence-corrected chi connectivity index (χ0v) is 31.2. The molecule has 0 N–H and O–H groups in total. The maximum absolute atomic E-state index is 11.8. The van der Waals surface area contributed by atoms with Gasteiger partial charge in [0, 0.05) is 41.4 Å². The summed E-state index contributed by atoms with van der Waals surface area (Å²) in [6.07, 6.45) is 4.32. The van der Waals surface area contributed by atoms with Gasteiger partial charge in [-0.05, 0) is 78.7 Å². The van der Waals surface area contributed by atoms with Gasteiger partial charge < -0.3 is 18.9 Å². The van der Waals surface area contributed by atoms with Crippen molar-refractivity contribution >= 4 is 33.3 Å². The van der Waals surface area contributed by atoms with E-state index >= 15 is 0 Å². The molecule has 2 aromatic heterocycles. The third kappa shape index (κ3) is 9.26. The van der Waals surface area contributed by atoms with Crippen LogP contribution in [0.5, 0.6) is 5.75 Å². The van der Waals surface area contributed by atoms with Crippen molar-refractivity contribution in [3.8, 4) is 28.4 Å². The SMILES string of the molecule is CCc1cc(OCOCC[Si](C)(C)C)ccc1-c1ccc2c(-c3nc(C=O)nn3COCC[Si](C)(C)C)nn(C3CCCCO3)c2c1. The van der Waals surface area contributed by atoms with Gasteiger partial charge in [-0.1, -0.05) is 58.3 Å². The number of carbonyl (C=O) groups is 1. The Balaban J connectivity index is 1.46. The van der Waals surface area contributed by atoms with Crippen LogP contribution in [0.4, 0.5) is 0 Å². The van der Waals surface area contributed by atoms with Gasteiger partial charge in [-0.3, -0.25) is 4.79 Å². The van der Waals surface area contributed by atoms with Gasteiger partial charge in [0.25, 0.3) is 0 Å². The van der Waals surface area contributed by atoms with Crippen LogP contribution in [0.15, 0.2) is 36.4 Å². The standard InChI is InChI=1S/C35H51N5O5Si2/c1-8-26-21-28(45-25-43-18-20-47(5,6)7)13-15-29(26)27-12-14-30-31(22-27)40(33-11-9-10-16-44-33)38-34(30)35-36-32(23-41)37-39(35)24-42-17-19-46(2,3)4/h12-15,21-23,33H,8-11,16-20,24-25H2,1-7H3. The Morgan fingerprint density at radius 3 is 2.40 bits per heavy atom. The fraction of sp³-hybridized carbons (Fsp3) is 0.543. The van der Waals surface area contributed by atoms with Crippen LogP contribution in [0, 0.1) is 0 Å². The number of fused-ring (bicyclic) bond motifs is 1. The molecule has 254 valence electrons. The van der Waals surface area contributed by atoms with E-state index in [1.807, 2.05) is 10.7 Å². The summed E-state index contributed by atoms with van der Waals surface area (Å²) in [5.41, 5.74) is 5.02. The first kappa shape index (κ1) is 35.1. The van der Waals surface area contributed by atoms with Crippen molar-refractivity contribution in [1.29, 1.82) is 0 Å². The van der Waals surface area contributed by atoms with E-state index in [9.17, 15) is 4.79 Å². The number of rotatable bonds is 16. The number of hydrogen-bond acceptors (Lipinski definition) is 8. The molecule has 0 amide bonds. The minimum absolute atomic E-state index is 0.110. The van der Waals surface area contributed by atoms with Gasteiger partial charge in [0.15, 0.2) is 25.1 Å². The zero-order valence-electron chi connectivity index (χ0n) is 29.2. The molecule has 0 aliphatic carbocycles. The van der Waals surface area contributed by atoms with Crippen molar-refractivity contribution in [2.75, 3.05) is 26.6 Å². The Kier molecular flexibility index (Phi) is 11.5. The zero-order chi connectivity index (χ0) is 33.6. The van der Waals surface area contributed by atoms with Crippen LogP contribution < -0.4 is 4.74 Å². The van der Waals surface area contributed by atoms with Crippen molar-refractivity contribution in [2.24, 2.45) is 0 Å². The van der Waals surface area contributed by atoms with E-state index in [2.05, 4.69) is 86.6 Å². The van der Waals surface area contributed by atoms with E-state index in [1.165, 1.54) is 5.56 Å². The van der Waals surface area contributed by atoms with E-state index in [-0.39, 0.29) is 25.6 Å². The molecule has 1 aliphatic rings. The Labute approximate surface area is 280 Å². The lowest BCUT2D eigenvalue weighted by Crippen LogP contribution is -2.22. The smallest absolute Gasteiger partial charge is 0.214 e. The van der Waals surface area contributed by atoms with Crippen LogP contribution in [-0.4, -0.2) is 73.6 Å². The van der Waals surface area contributed by atoms with Crippen molar-refractivity contribution < 1.29 is 23.7 Å². The number of hydrogen-bond donors (Lipinski definition) is 0. The molecule has 0 spiro atoms. The molecule has 2 aromatic carbocycles. The third-order valence-electron chi connectivity index (χ3n) is 8.43. The van der Waals surface area contributed by atoms with Gasteiger partial charge in [-0.25, -0.2) is 14.3 Å². The summed E-state index contributed by atoms with van der Waals surface area (Å²) in [6, 6.07) is 14.8. The molecule has 4 aromatic rings. The van der Waals surface area contributed by atoms with Gasteiger partial charge in [-0.15, -0.1) is 5.10 Å². The summed E-state index contributed by atoms with van der Waals surface area (Å²) in [5.74, 6) is 1.42. The predicted octanol–water partition coefficient (Wildman–Crippen LogP) is 8.04. The van der Waals surface area contributed by atoms with Crippen molar-refractivity contribution in [3.63, 3.8) is 0 Å². The van der Waals surface area contributed by atoms with Gasteiger partial charge in [0.05, 0.1) is 5.52 Å². The van der Waals surface area contributed by atoms with Crippen molar-refractivity contribution in [2.45, 2.75) is 96.9 Å². The van der Waals surface area contributed by atoms with Gasteiger partial charge >= 0.3 is 0 Å². The molecule has 0 saturated carbocycles. The minimum Gasteiger partial charge on any atom is -0.468 e. The van der Waals surface area contributed by atoms with E-state index < -0.39 is 16.1 Å². The first-order valence-electron chi connectivity index (χ1n) is 16.9. The molecule has 1 saturated heterocycles. The second-order valence-corrected chi connectivity index (χ2v) is 26.0. The third-order valence-corrected chi connectivity index (χ3v) is 11.8. The number of aromatic nitrogens is 5. The minimum atomic E-state index is -1.25. The molecule has 3 heterocycles. The van der Waals surface area contributed by atoms with E-state index in [4.69, 9.17) is 24.0 Å². The Bertz CT molecular complexity index is 1650. The second-order valence-electron chi connectivity index (χ2n) is 14.8. The van der Waals surface area contributed by atoms with Crippen LogP contribution in [0.3, 0.4) is 0 Å². The van der Waals surface area contributed by atoms with Crippen molar-refractivity contribution in [1.82, 2.24) is 24.5 Å². The summed E-state index contributed by atoms with van der Waals surface area (Å²) < 4.78 is 27.6. The fourth-order valence-electron chi connectivity index (χ4n) is 5.59. The molecule has 0 radical (unpaired) electrons. The molecule has 1 fully saturated rings. The molecular weight excluding hydrogens is 627 g/mol. The highest BCUT2D eigenvalue weighted by Gasteiger charge is 2.25. The van der Waals surface area contributed by atoms with Crippen LogP contribution in [0.25, 0.3) is 33.5 Å². The fourth-order valence-corrected chi connectivity index (χ4v) is 7.10. The number of aldehydes is 1. The lowest BCUT2D eigenvalue weighted by molar-refractivity contribution is -0.0365. The van der Waals surface area contributed by atoms with E-state index in [1.54, 1.807) is 4.68 Å². The summed E-state index contributed by atoms with van der Waals surface area (Å²) in [5, 5.41) is 10.4. The number of benzene rings is 2. The van der Waals surface area contributed by atoms with Crippen molar-refractivity contribution in [3.05, 3.63) is 47.8 Å². The summed E-state index contributed by atoms with van der Waals surface area (Å²) in [6.45, 7) is 18.7. The maximum atomic E-state index is 11.8. The van der Waals surface area contributed by atoms with Crippen LogP contribution >= 0.6 is 0 Å². The molecule has 5 rings (SSSR count). The summed E-state index contributed by atoms with van der Waals surface area (Å²) in [7, 11) is -2.39. The van der Waals surface area contributed by atoms with Gasteiger partial charge in [0.1, 0.15) is 18.2 Å². The molecule has 12 heteroatoms. The summed E-state index contributed by atoms with van der Waals surface area (Å²) in [4.78, 5) is 16.3. The number of carbonyl (C=O) groups excluding carboxylic acids is 1. The first-order chi connectivity index (χ1) is 22.5. The molecule has 1 aliphatic heterocycles. The molecular formula is C35H51N5O5Si2. The summed E-state index contributed by atoms with van der Waals surface area (Å²) >= 11 is 0. The van der Waals surface area contributed by atoms with Gasteiger partial charge in [-0.2, -0.15) is 5.10 Å². The topological polar surface area (TPSA) is 103 Å². The number of nitrogens with zero attached hydrogens (tertiary/aromatic N) is 5. The lowest BCUT2D eigenvalue weighted by atomic mass is 9.96. The van der Waals surface area contributed by atoms with Crippen LogP contribution in [0.1, 0.15) is 48.6 Å². The van der Waals surface area contributed by atoms with E-state index in [0.29, 0.717) is 31.0 Å². The Morgan fingerprint density at radius 2 is 1.72 bits per heavy atom. The molecule has 0 bridgehead atoms. The quantitative estimate of drug-likeness (QED) is 0.0508. The first-order valence-corrected chi connectivity index (χ1v) is 24.3. The maximum Gasteiger partial charge on any atom is 0.214 e. The largest absolute Gasteiger partial charge is 0.468 e. The Hall–Kier alpha value is -3.17. The van der Waals surface area contributed by atoms with Gasteiger partial charge in [0.2, 0.25) is 5.82 Å². The number of aryl methyl sites for hydroxylation is 1. The molecule has 47 heavy (non-hydrogen) atoms. The molecule has 1 unspecified atom stereocenters. The highest BCUT2D eigenvalue weighted by atomic mass is 28.3. The predicted molar refractivity (Wildman–Crippen MR) is 191 cm³/mol. The van der Waals surface area contributed by atoms with Crippen LogP contribution in [0.2, 0.25) is 51.4 Å². The van der Waals surface area contributed by atoms with Crippen LogP contribution in [-0.2, 0) is 27.4 Å². The average Bonchev–Trinajstić information content (AvgIpc) is 3.63. The second kappa shape index (κ2) is 15.4. The molecule has 1 atom stereocenters. The molecule has 10 nitrogen and oxygen atoms in total. The average molecular weight is 678 g/mol. The monoisotopic (exact) mass is 677 g/mol. The Morgan fingerprint density at radius 1 is 0.957 bits per heavy atom. The highest BCUT2D eigenvalue weighted by molar-refractivity contribution is 6.76. The van der Waals surface area contributed by atoms with E-state index in [0.717, 1.165) is 72.2 Å². The number of ether oxygens (including phenoxy) is 4. The normalized spacial score (nSPS) is 15.8.